The van der Waals surface area contributed by atoms with Gasteiger partial charge in [-0.3, -0.25) is 4.79 Å². The van der Waals surface area contributed by atoms with Gasteiger partial charge in [0.15, 0.2) is 5.84 Å². The molecule has 0 heterocycles. The zero-order valence-electron chi connectivity index (χ0n) is 18.2. The van der Waals surface area contributed by atoms with Gasteiger partial charge in [-0.15, -0.1) is 0 Å². The standard InChI is InChI=1S/C24H36N2O4/c1-2-3-4-5-6-7-8-9-10-11-13-19-14-12-15-20(18-19)21(27)30-26-22(25)24(16-17-24)23(28)29/h12,14-15,18H,2-11,13,16-17H2,1H3,(H2,25,26)(H,28,29). The summed E-state index contributed by atoms with van der Waals surface area (Å²) in [4.78, 5) is 28.3. The Hall–Kier alpha value is -2.37. The predicted octanol–water partition coefficient (Wildman–Crippen LogP) is 5.44. The second-order valence-corrected chi connectivity index (χ2v) is 8.37. The van der Waals surface area contributed by atoms with Gasteiger partial charge in [0.1, 0.15) is 5.41 Å². The number of carboxylic acids is 1. The van der Waals surface area contributed by atoms with Crippen LogP contribution in [0.3, 0.4) is 0 Å². The average Bonchev–Trinajstić information content (AvgIpc) is 3.55. The van der Waals surface area contributed by atoms with Crippen LogP contribution in [0.4, 0.5) is 0 Å². The van der Waals surface area contributed by atoms with Gasteiger partial charge in [0.25, 0.3) is 0 Å². The SMILES string of the molecule is CCCCCCCCCCCCc1cccc(C(=O)O/N=C(/N)C2(C(=O)O)CC2)c1. The Morgan fingerprint density at radius 1 is 1.03 bits per heavy atom. The first-order chi connectivity index (χ1) is 14.5. The molecule has 1 aromatic carbocycles. The van der Waals surface area contributed by atoms with Gasteiger partial charge >= 0.3 is 11.9 Å². The molecular formula is C24H36N2O4. The number of unbranched alkanes of at least 4 members (excludes halogenated alkanes) is 9. The maximum absolute atomic E-state index is 12.2. The van der Waals surface area contributed by atoms with Crippen molar-refractivity contribution in [3.8, 4) is 0 Å². The van der Waals surface area contributed by atoms with E-state index in [9.17, 15) is 14.7 Å². The van der Waals surface area contributed by atoms with E-state index in [-0.39, 0.29) is 5.84 Å². The molecule has 6 nitrogen and oxygen atoms in total. The highest BCUT2D eigenvalue weighted by Crippen LogP contribution is 2.46. The van der Waals surface area contributed by atoms with Gasteiger partial charge in [0.2, 0.25) is 0 Å². The van der Waals surface area contributed by atoms with Crippen LogP contribution in [0.1, 0.15) is 99.9 Å². The molecule has 1 aromatic rings. The van der Waals surface area contributed by atoms with Crippen molar-refractivity contribution in [2.45, 2.75) is 90.4 Å². The molecule has 1 aliphatic rings. The van der Waals surface area contributed by atoms with Crippen LogP contribution in [0.5, 0.6) is 0 Å². The molecule has 2 rings (SSSR count). The molecule has 0 aromatic heterocycles. The summed E-state index contributed by atoms with van der Waals surface area (Å²) in [5.41, 5.74) is 6.04. The van der Waals surface area contributed by atoms with Crippen LogP contribution in [0, 0.1) is 5.41 Å². The van der Waals surface area contributed by atoms with Crippen molar-refractivity contribution in [1.29, 1.82) is 0 Å². The van der Waals surface area contributed by atoms with Crippen molar-refractivity contribution in [3.63, 3.8) is 0 Å². The lowest BCUT2D eigenvalue weighted by Gasteiger charge is -2.08. The average molecular weight is 417 g/mol. The third-order valence-electron chi connectivity index (χ3n) is 5.86. The molecule has 1 fully saturated rings. The van der Waals surface area contributed by atoms with Crippen molar-refractivity contribution in [2.24, 2.45) is 16.3 Å². The summed E-state index contributed by atoms with van der Waals surface area (Å²) >= 11 is 0. The number of aryl methyl sites for hydroxylation is 1. The van der Waals surface area contributed by atoms with E-state index in [0.717, 1.165) is 18.4 Å². The monoisotopic (exact) mass is 416 g/mol. The van der Waals surface area contributed by atoms with Crippen molar-refractivity contribution in [3.05, 3.63) is 35.4 Å². The lowest BCUT2D eigenvalue weighted by molar-refractivity contribution is -0.140. The fourth-order valence-electron chi connectivity index (χ4n) is 3.61. The fourth-order valence-corrected chi connectivity index (χ4v) is 3.61. The number of carboxylic acid groups (broad SMARTS) is 1. The summed E-state index contributed by atoms with van der Waals surface area (Å²) in [5.74, 6) is -1.80. The van der Waals surface area contributed by atoms with Gasteiger partial charge in [-0.05, 0) is 43.4 Å². The van der Waals surface area contributed by atoms with E-state index < -0.39 is 17.4 Å². The third-order valence-corrected chi connectivity index (χ3v) is 5.86. The number of oxime groups is 1. The Bertz CT molecular complexity index is 726. The van der Waals surface area contributed by atoms with E-state index in [1.807, 2.05) is 18.2 Å². The molecule has 0 aliphatic heterocycles. The number of nitrogens with zero attached hydrogens (tertiary/aromatic N) is 1. The van der Waals surface area contributed by atoms with Crippen molar-refractivity contribution < 1.29 is 19.5 Å². The fraction of sp³-hybridized carbons (Fsp3) is 0.625. The van der Waals surface area contributed by atoms with Gasteiger partial charge in [-0.2, -0.15) is 0 Å². The Balaban J connectivity index is 1.68. The summed E-state index contributed by atoms with van der Waals surface area (Å²) < 4.78 is 0. The number of amidine groups is 1. The van der Waals surface area contributed by atoms with Gasteiger partial charge in [0.05, 0.1) is 5.56 Å². The summed E-state index contributed by atoms with van der Waals surface area (Å²) in [5, 5.41) is 12.8. The Labute approximate surface area is 179 Å². The van der Waals surface area contributed by atoms with E-state index in [0.29, 0.717) is 18.4 Å². The number of carbonyl (C=O) groups is 2. The van der Waals surface area contributed by atoms with Crippen LogP contribution in [0.25, 0.3) is 0 Å². The van der Waals surface area contributed by atoms with E-state index in [2.05, 4.69) is 12.1 Å². The van der Waals surface area contributed by atoms with E-state index in [1.54, 1.807) is 6.07 Å². The number of hydrogen-bond donors (Lipinski definition) is 2. The van der Waals surface area contributed by atoms with Crippen molar-refractivity contribution >= 4 is 17.8 Å². The molecule has 0 atom stereocenters. The quantitative estimate of drug-likeness (QED) is 0.130. The lowest BCUT2D eigenvalue weighted by atomic mass is 10.0. The highest BCUT2D eigenvalue weighted by atomic mass is 16.7. The van der Waals surface area contributed by atoms with Crippen molar-refractivity contribution in [1.82, 2.24) is 0 Å². The maximum Gasteiger partial charge on any atom is 0.365 e. The van der Waals surface area contributed by atoms with Crippen LogP contribution < -0.4 is 5.73 Å². The largest absolute Gasteiger partial charge is 0.480 e. The van der Waals surface area contributed by atoms with E-state index >= 15 is 0 Å². The van der Waals surface area contributed by atoms with Gasteiger partial charge in [0, 0.05) is 0 Å². The van der Waals surface area contributed by atoms with Gasteiger partial charge in [-0.1, -0.05) is 82.0 Å². The molecule has 0 bridgehead atoms. The van der Waals surface area contributed by atoms with Gasteiger partial charge < -0.3 is 15.7 Å². The lowest BCUT2D eigenvalue weighted by Crippen LogP contribution is -2.32. The third kappa shape index (κ3) is 7.47. The molecular weight excluding hydrogens is 380 g/mol. The van der Waals surface area contributed by atoms with Crippen LogP contribution in [-0.4, -0.2) is 22.9 Å². The van der Waals surface area contributed by atoms with E-state index in [1.165, 1.54) is 57.8 Å². The Morgan fingerprint density at radius 3 is 2.20 bits per heavy atom. The molecule has 3 N–H and O–H groups in total. The van der Waals surface area contributed by atoms with Crippen LogP contribution in [0.15, 0.2) is 29.4 Å². The predicted molar refractivity (Wildman–Crippen MR) is 118 cm³/mol. The van der Waals surface area contributed by atoms with Crippen molar-refractivity contribution in [2.75, 3.05) is 0 Å². The molecule has 166 valence electrons. The normalized spacial score (nSPS) is 15.0. The minimum Gasteiger partial charge on any atom is -0.480 e. The summed E-state index contributed by atoms with van der Waals surface area (Å²) in [6, 6.07) is 7.31. The number of nitrogens with two attached hydrogens (primary N) is 1. The highest BCUT2D eigenvalue weighted by Gasteiger charge is 2.54. The number of carbonyl (C=O) groups excluding carboxylic acids is 1. The molecule has 1 aliphatic carbocycles. The molecule has 0 unspecified atom stereocenters. The summed E-state index contributed by atoms with van der Waals surface area (Å²) in [6.07, 6.45) is 14.7. The van der Waals surface area contributed by atoms with Crippen LogP contribution in [-0.2, 0) is 16.1 Å². The Morgan fingerprint density at radius 2 is 1.63 bits per heavy atom. The van der Waals surface area contributed by atoms with Crippen LogP contribution >= 0.6 is 0 Å². The molecule has 1 saturated carbocycles. The minimum atomic E-state index is -1.16. The van der Waals surface area contributed by atoms with Crippen LogP contribution in [0.2, 0.25) is 0 Å². The zero-order valence-corrected chi connectivity index (χ0v) is 18.2. The molecule has 6 heteroatoms. The highest BCUT2D eigenvalue weighted by molar-refractivity contribution is 6.07. The smallest absolute Gasteiger partial charge is 0.365 e. The second kappa shape index (κ2) is 12.4. The number of aliphatic carboxylic acids is 1. The number of rotatable bonds is 15. The molecule has 0 radical (unpaired) electrons. The first-order valence-electron chi connectivity index (χ1n) is 11.4. The summed E-state index contributed by atoms with van der Waals surface area (Å²) in [7, 11) is 0. The zero-order chi connectivity index (χ0) is 21.8. The number of hydrogen-bond acceptors (Lipinski definition) is 4. The topological polar surface area (TPSA) is 102 Å². The molecule has 0 amide bonds. The maximum atomic E-state index is 12.2. The summed E-state index contributed by atoms with van der Waals surface area (Å²) in [6.45, 7) is 2.24. The minimum absolute atomic E-state index is 0.148. The Kier molecular flexibility index (Phi) is 9.84. The first-order valence-corrected chi connectivity index (χ1v) is 11.4. The first kappa shape index (κ1) is 23.9. The molecule has 30 heavy (non-hydrogen) atoms. The molecule has 0 saturated heterocycles. The second-order valence-electron chi connectivity index (χ2n) is 8.37. The van der Waals surface area contributed by atoms with E-state index in [4.69, 9.17) is 10.6 Å². The number of benzene rings is 1. The molecule has 0 spiro atoms. The van der Waals surface area contributed by atoms with Gasteiger partial charge in [-0.25, -0.2) is 4.79 Å².